The van der Waals surface area contributed by atoms with E-state index in [9.17, 15) is 0 Å². The van der Waals surface area contributed by atoms with E-state index in [1.807, 2.05) is 6.20 Å². The maximum absolute atomic E-state index is 5.52. The molecule has 176 valence electrons. The molecular formula is C27H31N5OS. The van der Waals surface area contributed by atoms with Gasteiger partial charge in [0.1, 0.15) is 0 Å². The Bertz CT molecular complexity index is 1260. The lowest BCUT2D eigenvalue weighted by molar-refractivity contribution is 0.122. The Balaban J connectivity index is 1.39. The van der Waals surface area contributed by atoms with Crippen molar-refractivity contribution in [1.82, 2.24) is 15.1 Å². The number of anilines is 2. The van der Waals surface area contributed by atoms with Crippen LogP contribution in [0.15, 0.2) is 60.1 Å². The first-order valence-electron chi connectivity index (χ1n) is 11.7. The molecule has 7 heteroatoms. The summed E-state index contributed by atoms with van der Waals surface area (Å²) in [6.07, 6.45) is 1.83. The Hall–Kier alpha value is -3.00. The SMILES string of the molecule is C[C@H](Nc1nncc2ccc(N3CCOCC3)cc12)c1cc(-c2ccccc2CN(C)C)cs1. The fourth-order valence-corrected chi connectivity index (χ4v) is 5.38. The molecule has 0 saturated carbocycles. The van der Waals surface area contributed by atoms with Crippen LogP contribution in [-0.4, -0.2) is 55.5 Å². The molecule has 1 aliphatic heterocycles. The number of fused-ring (bicyclic) bond motifs is 1. The highest BCUT2D eigenvalue weighted by Gasteiger charge is 2.16. The van der Waals surface area contributed by atoms with Gasteiger partial charge in [-0.05, 0) is 61.3 Å². The van der Waals surface area contributed by atoms with Crippen LogP contribution in [0.4, 0.5) is 11.5 Å². The second-order valence-electron chi connectivity index (χ2n) is 9.06. The Morgan fingerprint density at radius 2 is 1.94 bits per heavy atom. The lowest BCUT2D eigenvalue weighted by Crippen LogP contribution is -2.36. The number of rotatable bonds is 7. The quantitative estimate of drug-likeness (QED) is 0.386. The minimum Gasteiger partial charge on any atom is -0.378 e. The van der Waals surface area contributed by atoms with E-state index in [1.54, 1.807) is 11.3 Å². The number of ether oxygens (including phenoxy) is 1. The van der Waals surface area contributed by atoms with E-state index in [1.165, 1.54) is 27.3 Å². The van der Waals surface area contributed by atoms with Crippen molar-refractivity contribution in [3.05, 3.63) is 70.5 Å². The van der Waals surface area contributed by atoms with Crippen molar-refractivity contribution < 1.29 is 4.74 Å². The second kappa shape index (κ2) is 10.1. The summed E-state index contributed by atoms with van der Waals surface area (Å²) in [7, 11) is 4.22. The summed E-state index contributed by atoms with van der Waals surface area (Å²) in [5.74, 6) is 0.822. The molecule has 2 aromatic heterocycles. The molecule has 0 radical (unpaired) electrons. The number of hydrogen-bond acceptors (Lipinski definition) is 7. The number of aromatic nitrogens is 2. The van der Waals surface area contributed by atoms with E-state index in [-0.39, 0.29) is 6.04 Å². The number of nitrogens with one attached hydrogen (secondary N) is 1. The Kier molecular flexibility index (Phi) is 6.76. The molecule has 0 amide bonds. The highest BCUT2D eigenvalue weighted by Crippen LogP contribution is 2.34. The predicted octanol–water partition coefficient (Wildman–Crippen LogP) is 5.43. The maximum atomic E-state index is 5.52. The number of thiophene rings is 1. The van der Waals surface area contributed by atoms with Crippen LogP contribution in [-0.2, 0) is 11.3 Å². The van der Waals surface area contributed by atoms with E-state index < -0.39 is 0 Å². The fourth-order valence-electron chi connectivity index (χ4n) is 4.47. The average molecular weight is 474 g/mol. The zero-order valence-electron chi connectivity index (χ0n) is 20.0. The molecule has 1 atom stereocenters. The van der Waals surface area contributed by atoms with Crippen LogP contribution in [0.2, 0.25) is 0 Å². The smallest absolute Gasteiger partial charge is 0.157 e. The van der Waals surface area contributed by atoms with Gasteiger partial charge in [-0.2, -0.15) is 5.10 Å². The topological polar surface area (TPSA) is 53.5 Å². The molecular weight excluding hydrogens is 442 g/mol. The van der Waals surface area contributed by atoms with Gasteiger partial charge in [-0.25, -0.2) is 0 Å². The molecule has 1 fully saturated rings. The van der Waals surface area contributed by atoms with Crippen molar-refractivity contribution in [3.8, 4) is 11.1 Å². The number of benzene rings is 2. The van der Waals surface area contributed by atoms with Gasteiger partial charge in [-0.15, -0.1) is 16.4 Å². The van der Waals surface area contributed by atoms with Crippen molar-refractivity contribution in [2.45, 2.75) is 19.5 Å². The van der Waals surface area contributed by atoms with Crippen molar-refractivity contribution in [3.63, 3.8) is 0 Å². The molecule has 0 unspecified atom stereocenters. The van der Waals surface area contributed by atoms with Gasteiger partial charge in [0.05, 0.1) is 25.5 Å². The minimum atomic E-state index is 0.117. The molecule has 0 aliphatic carbocycles. The highest BCUT2D eigenvalue weighted by molar-refractivity contribution is 7.10. The summed E-state index contributed by atoms with van der Waals surface area (Å²) in [5.41, 5.74) is 5.11. The van der Waals surface area contributed by atoms with Gasteiger partial charge in [0.25, 0.3) is 0 Å². The van der Waals surface area contributed by atoms with Crippen molar-refractivity contribution in [2.24, 2.45) is 0 Å². The Morgan fingerprint density at radius 1 is 1.12 bits per heavy atom. The highest BCUT2D eigenvalue weighted by atomic mass is 32.1. The molecule has 3 heterocycles. The van der Waals surface area contributed by atoms with Crippen LogP contribution < -0.4 is 10.2 Å². The van der Waals surface area contributed by atoms with E-state index in [2.05, 4.69) is 100 Å². The number of hydrogen-bond donors (Lipinski definition) is 1. The summed E-state index contributed by atoms with van der Waals surface area (Å²) in [5, 5.41) is 16.8. The molecule has 34 heavy (non-hydrogen) atoms. The molecule has 1 aliphatic rings. The molecule has 1 saturated heterocycles. The average Bonchev–Trinajstić information content (AvgIpc) is 3.35. The van der Waals surface area contributed by atoms with Crippen LogP contribution in [0.25, 0.3) is 21.9 Å². The van der Waals surface area contributed by atoms with Crippen molar-refractivity contribution in [2.75, 3.05) is 50.6 Å². The summed E-state index contributed by atoms with van der Waals surface area (Å²) < 4.78 is 5.52. The Morgan fingerprint density at radius 3 is 2.76 bits per heavy atom. The third kappa shape index (κ3) is 4.92. The van der Waals surface area contributed by atoms with Gasteiger partial charge >= 0.3 is 0 Å². The van der Waals surface area contributed by atoms with Gasteiger partial charge < -0.3 is 19.9 Å². The minimum absolute atomic E-state index is 0.117. The van der Waals surface area contributed by atoms with Gasteiger partial charge in [-0.1, -0.05) is 30.3 Å². The lowest BCUT2D eigenvalue weighted by Gasteiger charge is -2.29. The van der Waals surface area contributed by atoms with Gasteiger partial charge in [0.15, 0.2) is 5.82 Å². The maximum Gasteiger partial charge on any atom is 0.157 e. The first-order valence-corrected chi connectivity index (χ1v) is 12.6. The summed E-state index contributed by atoms with van der Waals surface area (Å²) in [6.45, 7) is 6.48. The Labute approximate surface area is 205 Å². The molecule has 0 spiro atoms. The molecule has 6 nitrogen and oxygen atoms in total. The normalized spacial score (nSPS) is 15.1. The van der Waals surface area contributed by atoms with E-state index in [4.69, 9.17) is 4.74 Å². The van der Waals surface area contributed by atoms with Gasteiger partial charge in [-0.3, -0.25) is 0 Å². The standard InChI is InChI=1S/C27H31N5OS/c1-19(26-14-22(18-34-26)24-7-5-4-6-21(24)17-31(2)3)29-27-25-15-23(32-10-12-33-13-11-32)9-8-20(25)16-28-30-27/h4-9,14-16,18-19H,10-13,17H2,1-3H3,(H,29,30)/t19-/m0/s1. The summed E-state index contributed by atoms with van der Waals surface area (Å²) >= 11 is 1.78. The summed E-state index contributed by atoms with van der Waals surface area (Å²) in [6, 6.07) is 17.6. The monoisotopic (exact) mass is 473 g/mol. The summed E-state index contributed by atoms with van der Waals surface area (Å²) in [4.78, 5) is 5.85. The van der Waals surface area contributed by atoms with Crippen LogP contribution in [0.5, 0.6) is 0 Å². The molecule has 1 N–H and O–H groups in total. The van der Waals surface area contributed by atoms with Crippen LogP contribution in [0, 0.1) is 0 Å². The fraction of sp³-hybridized carbons (Fsp3) is 0.333. The molecule has 2 aromatic carbocycles. The van der Waals surface area contributed by atoms with Crippen LogP contribution in [0.3, 0.4) is 0 Å². The van der Waals surface area contributed by atoms with Crippen molar-refractivity contribution in [1.29, 1.82) is 0 Å². The van der Waals surface area contributed by atoms with Gasteiger partial charge in [0.2, 0.25) is 0 Å². The van der Waals surface area contributed by atoms with Crippen molar-refractivity contribution >= 4 is 33.6 Å². The first-order chi connectivity index (χ1) is 16.6. The third-order valence-electron chi connectivity index (χ3n) is 6.24. The van der Waals surface area contributed by atoms with Gasteiger partial charge in [0, 0.05) is 41.0 Å². The second-order valence-corrected chi connectivity index (χ2v) is 10.0. The molecule has 4 aromatic rings. The molecule has 0 bridgehead atoms. The molecule has 5 rings (SSSR count). The predicted molar refractivity (Wildman–Crippen MR) is 142 cm³/mol. The van der Waals surface area contributed by atoms with E-state index in [0.717, 1.165) is 49.4 Å². The zero-order chi connectivity index (χ0) is 23.5. The first kappa shape index (κ1) is 22.8. The van der Waals surface area contributed by atoms with E-state index >= 15 is 0 Å². The largest absolute Gasteiger partial charge is 0.378 e. The van der Waals surface area contributed by atoms with Crippen LogP contribution in [0.1, 0.15) is 23.4 Å². The number of nitrogens with zero attached hydrogens (tertiary/aromatic N) is 4. The number of morpholine rings is 1. The zero-order valence-corrected chi connectivity index (χ0v) is 20.8. The third-order valence-corrected chi connectivity index (χ3v) is 7.35. The lowest BCUT2D eigenvalue weighted by atomic mass is 10.0. The van der Waals surface area contributed by atoms with E-state index in [0.29, 0.717) is 0 Å². The van der Waals surface area contributed by atoms with Crippen LogP contribution >= 0.6 is 11.3 Å².